The number of ether oxygens (including phenoxy) is 1. The Morgan fingerprint density at radius 2 is 2.13 bits per heavy atom. The van der Waals surface area contributed by atoms with Gasteiger partial charge in [-0.1, -0.05) is 12.1 Å². The maximum absolute atomic E-state index is 9.52. The Bertz CT molecular complexity index is 349. The Labute approximate surface area is 87.9 Å². The number of phenolic OH excluding ortho intramolecular Hbond substituents is 1. The van der Waals surface area contributed by atoms with Crippen LogP contribution in [0, 0.1) is 0 Å². The number of hydrogen-bond acceptors (Lipinski definition) is 4. The van der Waals surface area contributed by atoms with Crippen molar-refractivity contribution in [1.82, 2.24) is 0 Å². The molecule has 0 radical (unpaired) electrons. The summed E-state index contributed by atoms with van der Waals surface area (Å²) in [5, 5.41) is 21.3. The summed E-state index contributed by atoms with van der Waals surface area (Å²) in [7, 11) is 1.54. The first-order valence-corrected chi connectivity index (χ1v) is 4.31. The van der Waals surface area contributed by atoms with Crippen LogP contribution in [0.2, 0.25) is 0 Å². The highest BCUT2D eigenvalue weighted by atomic mass is 16.5. The summed E-state index contributed by atoms with van der Waals surface area (Å²) in [6.45, 7) is 1.84. The third kappa shape index (κ3) is 2.85. The van der Waals surface area contributed by atoms with Gasteiger partial charge in [0.2, 0.25) is 0 Å². The fourth-order valence-corrected chi connectivity index (χ4v) is 1.19. The summed E-state index contributed by atoms with van der Waals surface area (Å²) >= 11 is 0. The monoisotopic (exact) mass is 213 g/mol. The number of aromatic hydroxyl groups is 1. The van der Waals surface area contributed by atoms with Gasteiger partial charge >= 0.3 is 0 Å². The van der Waals surface area contributed by atoms with E-state index in [1.54, 1.807) is 12.1 Å². The fraction of sp³-hybridized carbons (Fsp3) is 0.300. The predicted octanol–water partition coefficient (Wildman–Crippen LogP) is 1.16. The summed E-state index contributed by atoms with van der Waals surface area (Å²) in [5.41, 5.74) is 0.927. The zero-order valence-electron chi connectivity index (χ0n) is 8.69. The maximum Gasteiger partial charge on any atom is 0.125 e. The molecule has 0 heterocycles. The normalized spacial score (nSPS) is 10.7. The van der Waals surface area contributed by atoms with Crippen LogP contribution < -0.4 is 4.74 Å². The van der Waals surface area contributed by atoms with Crippen LogP contribution in [0.15, 0.2) is 23.4 Å². The van der Waals surface area contributed by atoms with Gasteiger partial charge in [0.25, 0.3) is 0 Å². The van der Waals surface area contributed by atoms with Crippen molar-refractivity contribution < 1.29 is 20.5 Å². The minimum atomic E-state index is 0. The molecule has 0 aliphatic heterocycles. The van der Waals surface area contributed by atoms with Crippen molar-refractivity contribution in [2.45, 2.75) is 13.3 Å². The molecule has 0 amide bonds. The standard InChI is InChI=1S/C10H13NO3.H2O/c1-3-9(11-13)8-6-7(14-2)4-5-10(8)12;/h4-6,12-13H,3H2,1-2H3;1H2/b11-9+;. The molecule has 84 valence electrons. The predicted molar refractivity (Wildman–Crippen MR) is 56.9 cm³/mol. The summed E-state index contributed by atoms with van der Waals surface area (Å²) in [4.78, 5) is 0. The summed E-state index contributed by atoms with van der Waals surface area (Å²) in [6, 6.07) is 4.78. The molecule has 1 rings (SSSR count). The molecule has 4 N–H and O–H groups in total. The molecule has 0 aliphatic carbocycles. The maximum atomic E-state index is 9.52. The van der Waals surface area contributed by atoms with E-state index in [1.165, 1.54) is 13.2 Å². The molecule has 0 saturated carbocycles. The smallest absolute Gasteiger partial charge is 0.125 e. The van der Waals surface area contributed by atoms with Gasteiger partial charge in [0.15, 0.2) is 0 Å². The lowest BCUT2D eigenvalue weighted by Crippen LogP contribution is -2.00. The molecule has 0 fully saturated rings. The Morgan fingerprint density at radius 3 is 2.60 bits per heavy atom. The van der Waals surface area contributed by atoms with Crippen LogP contribution in [0.1, 0.15) is 18.9 Å². The van der Waals surface area contributed by atoms with Gasteiger partial charge in [-0.15, -0.1) is 0 Å². The molecule has 0 saturated heterocycles. The van der Waals surface area contributed by atoms with E-state index in [-0.39, 0.29) is 11.2 Å². The molecule has 15 heavy (non-hydrogen) atoms. The molecule has 5 heteroatoms. The Morgan fingerprint density at radius 1 is 1.47 bits per heavy atom. The van der Waals surface area contributed by atoms with Gasteiger partial charge in [0.05, 0.1) is 12.8 Å². The number of benzene rings is 1. The average Bonchev–Trinajstić information content (AvgIpc) is 2.22. The number of nitrogens with zero attached hydrogens (tertiary/aromatic N) is 1. The summed E-state index contributed by atoms with van der Waals surface area (Å²) < 4.78 is 5.00. The van der Waals surface area contributed by atoms with Crippen LogP contribution in [0.5, 0.6) is 11.5 Å². The lowest BCUT2D eigenvalue weighted by molar-refractivity contribution is 0.318. The van der Waals surface area contributed by atoms with Gasteiger partial charge in [-0.2, -0.15) is 0 Å². The molecule has 0 spiro atoms. The highest BCUT2D eigenvalue weighted by molar-refractivity contribution is 6.02. The topological polar surface area (TPSA) is 93.6 Å². The van der Waals surface area contributed by atoms with Gasteiger partial charge in [0, 0.05) is 5.56 Å². The van der Waals surface area contributed by atoms with E-state index in [0.717, 1.165) is 0 Å². The Hall–Kier alpha value is -1.75. The van der Waals surface area contributed by atoms with Crippen molar-refractivity contribution >= 4 is 5.71 Å². The van der Waals surface area contributed by atoms with Crippen LogP contribution >= 0.6 is 0 Å². The highest BCUT2D eigenvalue weighted by Crippen LogP contribution is 2.24. The van der Waals surface area contributed by atoms with E-state index >= 15 is 0 Å². The molecule has 1 aromatic carbocycles. The number of methoxy groups -OCH3 is 1. The van der Waals surface area contributed by atoms with E-state index in [0.29, 0.717) is 23.4 Å². The molecule has 1 aromatic rings. The van der Waals surface area contributed by atoms with Gasteiger partial charge in [0.1, 0.15) is 11.5 Å². The molecule has 0 aromatic heterocycles. The van der Waals surface area contributed by atoms with Gasteiger partial charge < -0.3 is 20.5 Å². The molecule has 0 atom stereocenters. The summed E-state index contributed by atoms with van der Waals surface area (Å²) in [5.74, 6) is 0.702. The minimum Gasteiger partial charge on any atom is -0.507 e. The minimum absolute atomic E-state index is 0. The van der Waals surface area contributed by atoms with Crippen LogP contribution in [0.25, 0.3) is 0 Å². The molecule has 0 bridgehead atoms. The third-order valence-electron chi connectivity index (χ3n) is 1.97. The lowest BCUT2D eigenvalue weighted by Gasteiger charge is -2.06. The first-order chi connectivity index (χ1) is 6.72. The van der Waals surface area contributed by atoms with Crippen molar-refractivity contribution in [2.24, 2.45) is 5.16 Å². The van der Waals surface area contributed by atoms with Crippen molar-refractivity contribution in [3.63, 3.8) is 0 Å². The van der Waals surface area contributed by atoms with Crippen molar-refractivity contribution in [2.75, 3.05) is 7.11 Å². The van der Waals surface area contributed by atoms with E-state index in [4.69, 9.17) is 9.94 Å². The van der Waals surface area contributed by atoms with Crippen LogP contribution in [-0.4, -0.2) is 28.6 Å². The average molecular weight is 213 g/mol. The quantitative estimate of drug-likeness (QED) is 0.448. The zero-order chi connectivity index (χ0) is 10.6. The first-order valence-electron chi connectivity index (χ1n) is 4.31. The van der Waals surface area contributed by atoms with E-state index in [1.807, 2.05) is 6.92 Å². The van der Waals surface area contributed by atoms with Crippen molar-refractivity contribution in [3.05, 3.63) is 23.8 Å². The van der Waals surface area contributed by atoms with Crippen molar-refractivity contribution in [3.8, 4) is 11.5 Å². The zero-order valence-corrected chi connectivity index (χ0v) is 8.69. The summed E-state index contributed by atoms with van der Waals surface area (Å²) in [6.07, 6.45) is 0.539. The fourth-order valence-electron chi connectivity index (χ4n) is 1.19. The van der Waals surface area contributed by atoms with Gasteiger partial charge in [-0.25, -0.2) is 0 Å². The third-order valence-corrected chi connectivity index (χ3v) is 1.97. The van der Waals surface area contributed by atoms with Crippen LogP contribution in [0.4, 0.5) is 0 Å². The van der Waals surface area contributed by atoms with Gasteiger partial charge in [-0.05, 0) is 24.6 Å². The molecular weight excluding hydrogens is 198 g/mol. The molecule has 5 nitrogen and oxygen atoms in total. The molecule has 0 unspecified atom stereocenters. The highest BCUT2D eigenvalue weighted by Gasteiger charge is 2.08. The SMILES string of the molecule is CC/C(=N\O)c1cc(OC)ccc1O.O. The van der Waals surface area contributed by atoms with Crippen LogP contribution in [-0.2, 0) is 0 Å². The molecular formula is C10H15NO4. The van der Waals surface area contributed by atoms with Crippen molar-refractivity contribution in [1.29, 1.82) is 0 Å². The molecule has 0 aliphatic rings. The lowest BCUT2D eigenvalue weighted by atomic mass is 10.1. The second-order valence-corrected chi connectivity index (χ2v) is 2.78. The second kappa shape index (κ2) is 5.87. The van der Waals surface area contributed by atoms with E-state index in [9.17, 15) is 5.11 Å². The van der Waals surface area contributed by atoms with Gasteiger partial charge in [-0.3, -0.25) is 0 Å². The first kappa shape index (κ1) is 13.2. The number of rotatable bonds is 3. The number of hydrogen-bond donors (Lipinski definition) is 2. The Kier molecular flexibility index (Phi) is 5.19. The van der Waals surface area contributed by atoms with E-state index < -0.39 is 0 Å². The largest absolute Gasteiger partial charge is 0.507 e. The second-order valence-electron chi connectivity index (χ2n) is 2.78. The Balaban J connectivity index is 0.00000196. The van der Waals surface area contributed by atoms with Crippen LogP contribution in [0.3, 0.4) is 0 Å². The van der Waals surface area contributed by atoms with E-state index in [2.05, 4.69) is 5.16 Å². The number of oxime groups is 1. The number of phenols is 1.